The monoisotopic (exact) mass is 1910 g/mol. The molecule has 3 saturated heterocycles. The number of amides is 2. The summed E-state index contributed by atoms with van der Waals surface area (Å²) in [5.41, 5.74) is 1.27. The molecule has 0 spiro atoms. The van der Waals surface area contributed by atoms with Gasteiger partial charge in [-0.15, -0.1) is 0 Å². The van der Waals surface area contributed by atoms with E-state index in [9.17, 15) is 33.9 Å². The van der Waals surface area contributed by atoms with Crippen molar-refractivity contribution in [1.29, 1.82) is 0 Å². The number of likely N-dealkylation sites (tertiary alicyclic amines) is 1. The molecule has 0 saturated carbocycles. The highest BCUT2D eigenvalue weighted by Gasteiger charge is 2.41. The van der Waals surface area contributed by atoms with Crippen LogP contribution in [0.2, 0.25) is 0 Å². The number of carbonyl (C=O) groups is 4. The van der Waals surface area contributed by atoms with Crippen LogP contribution in [0.15, 0.2) is 18.2 Å². The number of carbonyl (C=O) groups excluding carboxylic acids is 4. The average Bonchev–Trinajstić information content (AvgIpc) is 0.813. The molecule has 730 valence electrons. The molecule has 1 aromatic carbocycles. The van der Waals surface area contributed by atoms with Crippen LogP contribution in [0.4, 0.5) is 0 Å². The minimum atomic E-state index is -3.70. The Morgan fingerprint density at radius 3 is 1.19 bits per heavy atom. The standard InChI is InChI=1S/C82H150N3O34P3S3/c1-72-18-19-77(93-2)64-73(72)65-81(89)119-78-66-74-14-13-15-75(67-78)85(74)23-12-8-7-11-22-83-79(87)69-114-59-57-110-51-49-106-43-41-103-39-37-101-35-33-99-31-29-97-27-26-96-28-30-98-32-34-100-36-38-102-40-42-105-48-50-109-56-58-113-68-76(86)16-9-5-6-10-17-80(88)84-24-20-82(21-25-84,70-117-121(91,124)95-4)71-118-122(92,125)116-63-61-112-55-53-108-47-45-104-44-46-107-52-54-111-60-62-115-120(90,123)94-3/h18-19,64,74-75,78H,5-17,20-63,65-71H2,1-4H3,(H,83,87)(H,90,123)(H,91,124)(H,92,125). The second kappa shape index (κ2) is 76.2. The van der Waals surface area contributed by atoms with Gasteiger partial charge in [-0.05, 0) is 124 Å². The van der Waals surface area contributed by atoms with Gasteiger partial charge in [-0.3, -0.25) is 24.1 Å². The molecule has 2 amide bonds. The number of esters is 1. The van der Waals surface area contributed by atoms with Crippen LogP contribution in [0.3, 0.4) is 0 Å². The number of nitrogens with zero attached hydrogens (tertiary/aromatic N) is 2. The summed E-state index contributed by atoms with van der Waals surface area (Å²) in [6, 6.07) is 6.75. The average molecular weight is 1910 g/mol. The van der Waals surface area contributed by atoms with Gasteiger partial charge in [-0.1, -0.05) is 38.2 Å². The fraction of sp³-hybridized carbons (Fsp3) is 0.878. The normalized spacial score (nSPS) is 17.5. The van der Waals surface area contributed by atoms with E-state index >= 15 is 0 Å². The van der Waals surface area contributed by atoms with E-state index in [1.54, 1.807) is 12.0 Å². The molecule has 0 radical (unpaired) electrons. The van der Waals surface area contributed by atoms with E-state index in [-0.39, 0.29) is 95.6 Å². The van der Waals surface area contributed by atoms with Gasteiger partial charge < -0.3 is 152 Å². The molecule has 2 bridgehead atoms. The maximum Gasteiger partial charge on any atom is 0.324 e. The van der Waals surface area contributed by atoms with Crippen LogP contribution in [0, 0.1) is 12.3 Å². The molecular weight excluding hydrogens is 1760 g/mol. The third kappa shape index (κ3) is 62.9. The highest BCUT2D eigenvalue weighted by molar-refractivity contribution is 8.07. The van der Waals surface area contributed by atoms with E-state index < -0.39 is 25.6 Å². The van der Waals surface area contributed by atoms with E-state index in [2.05, 4.69) is 14.7 Å². The zero-order chi connectivity index (χ0) is 90.1. The van der Waals surface area contributed by atoms with E-state index in [0.29, 0.717) is 288 Å². The fourth-order valence-corrected chi connectivity index (χ4v) is 15.7. The van der Waals surface area contributed by atoms with Gasteiger partial charge in [0.1, 0.15) is 25.1 Å². The quantitative estimate of drug-likeness (QED) is 0.0290. The van der Waals surface area contributed by atoms with Crippen molar-refractivity contribution in [2.24, 2.45) is 5.41 Å². The highest BCUT2D eigenvalue weighted by atomic mass is 32.5. The summed E-state index contributed by atoms with van der Waals surface area (Å²) >= 11 is 15.1. The molecular formula is C82H150N3O34P3S3. The lowest BCUT2D eigenvalue weighted by Gasteiger charge is -2.48. The molecule has 3 aliphatic heterocycles. The molecule has 1 aromatic rings. The fourth-order valence-electron chi connectivity index (χ4n) is 13.1. The molecule has 0 aromatic heterocycles. The van der Waals surface area contributed by atoms with Crippen LogP contribution in [-0.4, -0.2) is 391 Å². The Kier molecular flexibility index (Phi) is 70.2. The summed E-state index contributed by atoms with van der Waals surface area (Å²) in [4.78, 5) is 86.0. The molecule has 5 unspecified atom stereocenters. The summed E-state index contributed by atoms with van der Waals surface area (Å²) in [7, 11) is 4.18. The number of benzene rings is 1. The van der Waals surface area contributed by atoms with Crippen LogP contribution in [0.1, 0.15) is 120 Å². The molecule has 4 N–H and O–H groups in total. The van der Waals surface area contributed by atoms with E-state index in [1.807, 2.05) is 25.1 Å². The number of nitrogens with one attached hydrogen (secondary N) is 1. The molecule has 125 heavy (non-hydrogen) atoms. The summed E-state index contributed by atoms with van der Waals surface area (Å²) < 4.78 is 148. The maximum atomic E-state index is 13.2. The van der Waals surface area contributed by atoms with Gasteiger partial charge in [0.2, 0.25) is 11.8 Å². The minimum Gasteiger partial charge on any atom is -0.497 e. The van der Waals surface area contributed by atoms with Crippen molar-refractivity contribution < 1.29 is 160 Å². The summed E-state index contributed by atoms with van der Waals surface area (Å²) in [6.45, 7) is 8.30. The number of hydrogen-bond donors (Lipinski definition) is 4. The molecule has 37 nitrogen and oxygen atoms in total. The number of rotatable bonds is 89. The first-order chi connectivity index (χ1) is 60.8. The van der Waals surface area contributed by atoms with Gasteiger partial charge in [-0.2, -0.15) is 0 Å². The number of ketones is 1. The van der Waals surface area contributed by atoms with Crippen molar-refractivity contribution in [2.75, 3.05) is 325 Å². The number of ether oxygens (including phenoxy) is 21. The predicted molar refractivity (Wildman–Crippen MR) is 474 cm³/mol. The Balaban J connectivity index is 0.782. The van der Waals surface area contributed by atoms with Crippen LogP contribution in [0.5, 0.6) is 5.75 Å². The van der Waals surface area contributed by atoms with E-state index in [1.165, 1.54) is 20.6 Å². The van der Waals surface area contributed by atoms with Crippen LogP contribution in [0.25, 0.3) is 0 Å². The van der Waals surface area contributed by atoms with Crippen molar-refractivity contribution >= 4 is 79.1 Å². The second-order valence-corrected chi connectivity index (χ2v) is 38.4. The third-order valence-corrected chi connectivity index (χ3v) is 25.0. The molecule has 3 aliphatic rings. The molecule has 4 rings (SSSR count). The summed E-state index contributed by atoms with van der Waals surface area (Å²) in [6.07, 6.45) is 14.4. The largest absolute Gasteiger partial charge is 0.497 e. The Hall–Kier alpha value is -2.11. The summed E-state index contributed by atoms with van der Waals surface area (Å²) in [5.74, 6) is 0.493. The van der Waals surface area contributed by atoms with Crippen molar-refractivity contribution in [1.82, 2.24) is 15.1 Å². The molecule has 3 heterocycles. The molecule has 5 atom stereocenters. The van der Waals surface area contributed by atoms with Gasteiger partial charge in [0.15, 0.2) is 5.78 Å². The van der Waals surface area contributed by atoms with Crippen molar-refractivity contribution in [3.8, 4) is 5.75 Å². The lowest BCUT2D eigenvalue weighted by atomic mass is 9.80. The molecule has 43 heteroatoms. The lowest BCUT2D eigenvalue weighted by molar-refractivity contribution is -0.154. The third-order valence-electron chi connectivity index (χ3n) is 20.0. The van der Waals surface area contributed by atoms with Gasteiger partial charge in [0.25, 0.3) is 0 Å². The van der Waals surface area contributed by atoms with Crippen molar-refractivity contribution in [3.63, 3.8) is 0 Å². The number of Topliss-reactive ketones (excluding diaryl/α,β-unsaturated/α-hetero) is 1. The van der Waals surface area contributed by atoms with Gasteiger partial charge in [0, 0.05) is 77.0 Å². The van der Waals surface area contributed by atoms with Crippen LogP contribution < -0.4 is 10.1 Å². The first kappa shape index (κ1) is 115. The van der Waals surface area contributed by atoms with Gasteiger partial charge in [0.05, 0.1) is 278 Å². The highest BCUT2D eigenvalue weighted by Crippen LogP contribution is 2.50. The van der Waals surface area contributed by atoms with Crippen LogP contribution in [-0.2, 0) is 183 Å². The topological polar surface area (TPSA) is 397 Å². The lowest BCUT2D eigenvalue weighted by Crippen LogP contribution is -2.54. The predicted octanol–water partition coefficient (Wildman–Crippen LogP) is 6.99. The van der Waals surface area contributed by atoms with E-state index in [4.69, 9.17) is 158 Å². The van der Waals surface area contributed by atoms with Gasteiger partial charge >= 0.3 is 26.1 Å². The smallest absolute Gasteiger partial charge is 0.324 e. The number of unbranched alkanes of at least 4 members (excludes halogenated alkanes) is 6. The van der Waals surface area contributed by atoms with E-state index in [0.717, 1.165) is 87.6 Å². The number of aryl methyl sites for hydroxylation is 1. The zero-order valence-electron chi connectivity index (χ0n) is 74.7. The SMILES string of the molecule is COc1ccc(C)c(CC(=O)OC2CC3CCCC(C2)N3CCCCCCNC(=O)COCCOCCOCCOCCOCCOCCOCCOCCOCCOCCOCCOCCOCCOCC(=O)CCCCCCC(=O)N2CCC(COP(O)(=S)OC)(COP(O)(=S)OCCOCCOCCOCCOCCOCCOP(O)(=S)OC)CC2)c1. The Morgan fingerprint density at radius 1 is 0.432 bits per heavy atom. The Bertz CT molecular complexity index is 2990. The summed E-state index contributed by atoms with van der Waals surface area (Å²) in [5, 5.41) is 2.95. The molecule has 3 fully saturated rings. The number of methoxy groups -OCH3 is 1. The van der Waals surface area contributed by atoms with Crippen molar-refractivity contribution in [3.05, 3.63) is 29.3 Å². The Morgan fingerprint density at radius 2 is 0.784 bits per heavy atom. The number of piperidine rings is 3. The first-order valence-corrected chi connectivity index (χ1v) is 51.8. The van der Waals surface area contributed by atoms with Crippen LogP contribution >= 0.6 is 20.2 Å². The maximum absolute atomic E-state index is 13.2. The zero-order valence-corrected chi connectivity index (χ0v) is 79.8. The number of hydrogen-bond acceptors (Lipinski definition) is 35. The molecule has 0 aliphatic carbocycles. The van der Waals surface area contributed by atoms with Gasteiger partial charge in [-0.25, -0.2) is 0 Å². The Labute approximate surface area is 756 Å². The minimum absolute atomic E-state index is 0.00864. The van der Waals surface area contributed by atoms with Crippen molar-refractivity contribution in [2.45, 2.75) is 141 Å². The first-order valence-electron chi connectivity index (χ1n) is 44.1. The second-order valence-electron chi connectivity index (χ2n) is 29.6. The number of fused-ring (bicyclic) bond motifs is 2.